The molecule has 0 saturated heterocycles. The van der Waals surface area contributed by atoms with E-state index in [1.807, 2.05) is 0 Å². The summed E-state index contributed by atoms with van der Waals surface area (Å²) in [4.78, 5) is 12.2. The smallest absolute Gasteiger partial charge is 0.287 e. The fraction of sp³-hybridized carbons (Fsp3) is 0.0952. The van der Waals surface area contributed by atoms with Crippen molar-refractivity contribution in [3.8, 4) is 22.3 Å². The van der Waals surface area contributed by atoms with Crippen LogP contribution in [-0.4, -0.2) is 17.9 Å². The van der Waals surface area contributed by atoms with E-state index in [4.69, 9.17) is 0 Å². The van der Waals surface area contributed by atoms with Crippen molar-refractivity contribution in [3.63, 3.8) is 0 Å². The zero-order valence-electron chi connectivity index (χ0n) is 13.8. The Hall–Kier alpha value is -3.02. The number of carbonyl (C=O) groups is 1. The molecule has 0 aliphatic heterocycles. The minimum atomic E-state index is -5.97. The molecule has 0 fully saturated rings. The fourth-order valence-electron chi connectivity index (χ4n) is 2.71. The second-order valence-electron chi connectivity index (χ2n) is 5.89. The van der Waals surface area contributed by atoms with Crippen LogP contribution in [0.2, 0.25) is 0 Å². The highest BCUT2D eigenvalue weighted by Crippen LogP contribution is 2.40. The third kappa shape index (κ3) is 3.60. The van der Waals surface area contributed by atoms with Gasteiger partial charge in [0.1, 0.15) is 0 Å². The van der Waals surface area contributed by atoms with Crippen LogP contribution in [0.15, 0.2) is 78.9 Å². The third-order valence-corrected chi connectivity index (χ3v) is 4.10. The Morgan fingerprint density at radius 3 is 1.67 bits per heavy atom. The van der Waals surface area contributed by atoms with Gasteiger partial charge in [-0.1, -0.05) is 72.8 Å². The lowest BCUT2D eigenvalue weighted by molar-refractivity contribution is -0.255. The second kappa shape index (κ2) is 6.95. The number of ketones is 1. The van der Waals surface area contributed by atoms with Crippen LogP contribution in [-0.2, 0) is 0 Å². The second-order valence-corrected chi connectivity index (χ2v) is 5.89. The molecule has 3 aromatic carbocycles. The van der Waals surface area contributed by atoms with E-state index in [2.05, 4.69) is 0 Å². The first-order valence-electron chi connectivity index (χ1n) is 7.96. The zero-order valence-corrected chi connectivity index (χ0v) is 13.8. The van der Waals surface area contributed by atoms with Crippen LogP contribution in [0.1, 0.15) is 10.4 Å². The molecular formula is C21H13F5O. The molecule has 0 aliphatic carbocycles. The molecule has 0 aliphatic rings. The Bertz CT molecular complexity index is 947. The molecule has 0 atom stereocenters. The highest BCUT2D eigenvalue weighted by atomic mass is 19.4. The molecule has 0 N–H and O–H groups in total. The molecule has 0 bridgehead atoms. The molecule has 3 rings (SSSR count). The molecule has 0 spiro atoms. The van der Waals surface area contributed by atoms with Crippen LogP contribution >= 0.6 is 0 Å². The molecule has 0 aromatic heterocycles. The van der Waals surface area contributed by atoms with Gasteiger partial charge in [-0.3, -0.25) is 4.79 Å². The van der Waals surface area contributed by atoms with Gasteiger partial charge in [-0.15, -0.1) is 0 Å². The van der Waals surface area contributed by atoms with Crippen molar-refractivity contribution < 1.29 is 26.7 Å². The fourth-order valence-corrected chi connectivity index (χ4v) is 2.71. The van der Waals surface area contributed by atoms with Gasteiger partial charge in [0.2, 0.25) is 5.78 Å². The van der Waals surface area contributed by atoms with Crippen molar-refractivity contribution in [3.05, 3.63) is 84.4 Å². The first kappa shape index (κ1) is 18.8. The Morgan fingerprint density at radius 2 is 1.15 bits per heavy atom. The molecule has 138 valence electrons. The largest absolute Gasteiger partial charge is 0.461 e. The van der Waals surface area contributed by atoms with Gasteiger partial charge in [-0.05, 0) is 28.3 Å². The predicted octanol–water partition coefficient (Wildman–Crippen LogP) is 6.40. The molecule has 6 heteroatoms. The number of halogens is 5. The van der Waals surface area contributed by atoms with Crippen molar-refractivity contribution in [2.24, 2.45) is 0 Å². The van der Waals surface area contributed by atoms with Gasteiger partial charge in [0, 0.05) is 5.56 Å². The summed E-state index contributed by atoms with van der Waals surface area (Å²) in [6.45, 7) is 0. The monoisotopic (exact) mass is 376 g/mol. The average Bonchev–Trinajstić information content (AvgIpc) is 2.67. The summed E-state index contributed by atoms with van der Waals surface area (Å²) in [6.07, 6.45) is -5.97. The summed E-state index contributed by atoms with van der Waals surface area (Å²) in [5, 5.41) is 0. The Labute approximate surface area is 152 Å². The van der Waals surface area contributed by atoms with Crippen LogP contribution in [0.25, 0.3) is 22.3 Å². The van der Waals surface area contributed by atoms with Crippen LogP contribution in [0.4, 0.5) is 22.0 Å². The zero-order chi connectivity index (χ0) is 19.7. The predicted molar refractivity (Wildman–Crippen MR) is 92.6 cm³/mol. The maximum absolute atomic E-state index is 13.8. The molecule has 1 nitrogen and oxygen atoms in total. The minimum absolute atomic E-state index is 0.0178. The van der Waals surface area contributed by atoms with E-state index in [1.54, 1.807) is 66.7 Å². The lowest BCUT2D eigenvalue weighted by atomic mass is 9.91. The van der Waals surface area contributed by atoms with E-state index >= 15 is 0 Å². The highest BCUT2D eigenvalue weighted by Gasteiger charge is 2.63. The van der Waals surface area contributed by atoms with Gasteiger partial charge in [0.15, 0.2) is 0 Å². The number of benzene rings is 3. The molecule has 0 amide bonds. The number of rotatable bonds is 4. The van der Waals surface area contributed by atoms with Gasteiger partial charge < -0.3 is 0 Å². The van der Waals surface area contributed by atoms with Crippen molar-refractivity contribution in [1.29, 1.82) is 0 Å². The number of carbonyl (C=O) groups excluding carboxylic acids is 1. The summed E-state index contributed by atoms with van der Waals surface area (Å²) in [6, 6.07) is 20.5. The number of hydrogen-bond acceptors (Lipinski definition) is 1. The van der Waals surface area contributed by atoms with E-state index in [0.29, 0.717) is 16.7 Å². The van der Waals surface area contributed by atoms with Crippen LogP contribution in [0, 0.1) is 0 Å². The topological polar surface area (TPSA) is 17.1 Å². The van der Waals surface area contributed by atoms with Crippen LogP contribution in [0.3, 0.4) is 0 Å². The van der Waals surface area contributed by atoms with Crippen molar-refractivity contribution in [2.45, 2.75) is 12.1 Å². The summed E-state index contributed by atoms with van der Waals surface area (Å²) in [5.41, 5.74) is 0.686. The Balaban J connectivity index is 2.20. The van der Waals surface area contributed by atoms with Crippen molar-refractivity contribution in [2.75, 3.05) is 0 Å². The van der Waals surface area contributed by atoms with Crippen molar-refractivity contribution >= 4 is 5.78 Å². The van der Waals surface area contributed by atoms with E-state index in [1.165, 1.54) is 6.07 Å². The standard InChI is InChI=1S/C21H13F5O/c22-20(23,21(24,25)26)19(27)18-13-16(14-7-3-1-4-8-14)11-12-17(18)15-9-5-2-6-10-15/h1-13H. The third-order valence-electron chi connectivity index (χ3n) is 4.10. The number of hydrogen-bond donors (Lipinski definition) is 0. The maximum Gasteiger partial charge on any atom is 0.461 e. The summed E-state index contributed by atoms with van der Waals surface area (Å²) in [5.74, 6) is -7.75. The molecule has 27 heavy (non-hydrogen) atoms. The Morgan fingerprint density at radius 1 is 0.630 bits per heavy atom. The quantitative estimate of drug-likeness (QED) is 0.380. The summed E-state index contributed by atoms with van der Waals surface area (Å²) in [7, 11) is 0. The van der Waals surface area contributed by atoms with Crippen molar-refractivity contribution in [1.82, 2.24) is 0 Å². The highest BCUT2D eigenvalue weighted by molar-refractivity contribution is 6.07. The molecule has 0 heterocycles. The summed E-state index contributed by atoms with van der Waals surface area (Å²) >= 11 is 0. The Kier molecular flexibility index (Phi) is 4.83. The average molecular weight is 376 g/mol. The van der Waals surface area contributed by atoms with Crippen LogP contribution < -0.4 is 0 Å². The van der Waals surface area contributed by atoms with Crippen LogP contribution in [0.5, 0.6) is 0 Å². The first-order chi connectivity index (χ1) is 12.7. The van der Waals surface area contributed by atoms with Gasteiger partial charge in [-0.25, -0.2) is 0 Å². The van der Waals surface area contributed by atoms with E-state index in [9.17, 15) is 26.7 Å². The van der Waals surface area contributed by atoms with E-state index < -0.39 is 23.4 Å². The first-order valence-corrected chi connectivity index (χ1v) is 7.96. The van der Waals surface area contributed by atoms with E-state index in [-0.39, 0.29) is 5.56 Å². The SMILES string of the molecule is O=C(c1cc(-c2ccccc2)ccc1-c1ccccc1)C(F)(F)C(F)(F)F. The van der Waals surface area contributed by atoms with Gasteiger partial charge >= 0.3 is 12.1 Å². The lowest BCUT2D eigenvalue weighted by Gasteiger charge is -2.20. The maximum atomic E-state index is 13.8. The lowest BCUT2D eigenvalue weighted by Crippen LogP contribution is -2.44. The minimum Gasteiger partial charge on any atom is -0.287 e. The number of alkyl halides is 5. The molecule has 0 radical (unpaired) electrons. The van der Waals surface area contributed by atoms with Gasteiger partial charge in [-0.2, -0.15) is 22.0 Å². The number of Topliss-reactive ketones (excluding diaryl/α,β-unsaturated/α-hetero) is 1. The van der Waals surface area contributed by atoms with E-state index in [0.717, 1.165) is 6.07 Å². The van der Waals surface area contributed by atoms with Gasteiger partial charge in [0.25, 0.3) is 0 Å². The normalized spacial score (nSPS) is 12.0. The molecular weight excluding hydrogens is 363 g/mol. The molecule has 0 saturated carbocycles. The summed E-state index contributed by atoms with van der Waals surface area (Å²) < 4.78 is 65.8. The molecule has 3 aromatic rings. The van der Waals surface area contributed by atoms with Gasteiger partial charge in [0.05, 0.1) is 0 Å². The molecule has 0 unspecified atom stereocenters.